The average molecular weight is 518 g/mol. The van der Waals surface area contributed by atoms with Gasteiger partial charge >= 0.3 is 0 Å². The SMILES string of the molecule is CC(C)(C)c1ccc(CCc2ccc(CNCc3ccc(CCc4ccc(C(C)(C)C)cc4)cc3)cc2)cc1. The van der Waals surface area contributed by atoms with E-state index in [1.165, 1.54) is 44.5 Å². The topological polar surface area (TPSA) is 12.0 Å². The van der Waals surface area contributed by atoms with E-state index in [1.54, 1.807) is 0 Å². The molecule has 39 heavy (non-hydrogen) atoms. The van der Waals surface area contributed by atoms with Gasteiger partial charge in [0.1, 0.15) is 0 Å². The second-order valence-electron chi connectivity index (χ2n) is 13.1. The second-order valence-corrected chi connectivity index (χ2v) is 13.1. The van der Waals surface area contributed by atoms with Crippen LogP contribution < -0.4 is 5.32 Å². The zero-order chi connectivity index (χ0) is 27.9. The van der Waals surface area contributed by atoms with Crippen molar-refractivity contribution >= 4 is 0 Å². The molecular weight excluding hydrogens is 470 g/mol. The molecule has 0 unspecified atom stereocenters. The van der Waals surface area contributed by atoms with Crippen LogP contribution in [0.4, 0.5) is 0 Å². The Bertz CT molecular complexity index is 1180. The molecule has 0 saturated carbocycles. The summed E-state index contributed by atoms with van der Waals surface area (Å²) in [6.45, 7) is 15.4. The van der Waals surface area contributed by atoms with Crippen molar-refractivity contribution in [2.45, 2.75) is 91.1 Å². The molecule has 0 heterocycles. The maximum absolute atomic E-state index is 3.61. The highest BCUT2D eigenvalue weighted by Crippen LogP contribution is 2.23. The van der Waals surface area contributed by atoms with Crippen molar-refractivity contribution < 1.29 is 0 Å². The molecule has 0 aliphatic heterocycles. The third-order valence-electron chi connectivity index (χ3n) is 7.75. The Morgan fingerprint density at radius 2 is 0.590 bits per heavy atom. The van der Waals surface area contributed by atoms with E-state index in [0.29, 0.717) is 0 Å². The van der Waals surface area contributed by atoms with Crippen molar-refractivity contribution in [1.82, 2.24) is 5.32 Å². The molecule has 0 spiro atoms. The van der Waals surface area contributed by atoms with Crippen molar-refractivity contribution in [3.8, 4) is 0 Å². The number of benzene rings is 4. The zero-order valence-electron chi connectivity index (χ0n) is 25.0. The van der Waals surface area contributed by atoms with Crippen molar-refractivity contribution in [3.63, 3.8) is 0 Å². The molecule has 1 heteroatoms. The van der Waals surface area contributed by atoms with Crippen LogP contribution in [0, 0.1) is 0 Å². The van der Waals surface area contributed by atoms with Crippen LogP contribution in [0.3, 0.4) is 0 Å². The fraction of sp³-hybridized carbons (Fsp3) is 0.368. The van der Waals surface area contributed by atoms with Gasteiger partial charge in [0.05, 0.1) is 0 Å². The largest absolute Gasteiger partial charge is 0.309 e. The van der Waals surface area contributed by atoms with E-state index in [2.05, 4.69) is 144 Å². The molecule has 0 radical (unpaired) electrons. The van der Waals surface area contributed by atoms with E-state index < -0.39 is 0 Å². The molecule has 0 amide bonds. The van der Waals surface area contributed by atoms with Gasteiger partial charge in [-0.05, 0) is 81.0 Å². The summed E-state index contributed by atoms with van der Waals surface area (Å²) in [6.07, 6.45) is 4.33. The van der Waals surface area contributed by atoms with Crippen LogP contribution in [0.15, 0.2) is 97.1 Å². The highest BCUT2D eigenvalue weighted by Gasteiger charge is 2.13. The van der Waals surface area contributed by atoms with Crippen LogP contribution >= 0.6 is 0 Å². The molecule has 0 aliphatic rings. The Balaban J connectivity index is 1.17. The first-order chi connectivity index (χ1) is 18.6. The van der Waals surface area contributed by atoms with Crippen LogP contribution in [0.25, 0.3) is 0 Å². The maximum atomic E-state index is 3.61. The summed E-state index contributed by atoms with van der Waals surface area (Å²) in [6, 6.07) is 36.5. The number of nitrogens with one attached hydrogen (secondary N) is 1. The zero-order valence-corrected chi connectivity index (χ0v) is 25.0. The number of hydrogen-bond donors (Lipinski definition) is 1. The number of aryl methyl sites for hydroxylation is 4. The fourth-order valence-electron chi connectivity index (χ4n) is 4.92. The first kappa shape index (κ1) is 28.8. The molecule has 0 bridgehead atoms. The molecule has 4 aromatic carbocycles. The summed E-state index contributed by atoms with van der Waals surface area (Å²) >= 11 is 0. The van der Waals surface area contributed by atoms with Gasteiger partial charge in [-0.3, -0.25) is 0 Å². The van der Waals surface area contributed by atoms with E-state index >= 15 is 0 Å². The van der Waals surface area contributed by atoms with Gasteiger partial charge in [-0.25, -0.2) is 0 Å². The molecule has 1 N–H and O–H groups in total. The molecule has 0 atom stereocenters. The molecule has 4 rings (SSSR count). The van der Waals surface area contributed by atoms with E-state index in [9.17, 15) is 0 Å². The van der Waals surface area contributed by atoms with Gasteiger partial charge in [0.2, 0.25) is 0 Å². The van der Waals surface area contributed by atoms with E-state index in [-0.39, 0.29) is 10.8 Å². The van der Waals surface area contributed by atoms with Crippen molar-refractivity contribution in [2.75, 3.05) is 0 Å². The predicted molar refractivity (Wildman–Crippen MR) is 169 cm³/mol. The van der Waals surface area contributed by atoms with Gasteiger partial charge < -0.3 is 5.32 Å². The van der Waals surface area contributed by atoms with Crippen LogP contribution in [-0.2, 0) is 49.6 Å². The summed E-state index contributed by atoms with van der Waals surface area (Å²) in [7, 11) is 0. The lowest BCUT2D eigenvalue weighted by Gasteiger charge is -2.19. The lowest BCUT2D eigenvalue weighted by molar-refractivity contribution is 0.589. The minimum atomic E-state index is 0.214. The Morgan fingerprint density at radius 3 is 0.846 bits per heavy atom. The smallest absolute Gasteiger partial charge is 0.0208 e. The lowest BCUT2D eigenvalue weighted by atomic mass is 9.86. The Hall–Kier alpha value is -3.16. The Labute approximate surface area is 237 Å². The first-order valence-corrected chi connectivity index (χ1v) is 14.6. The van der Waals surface area contributed by atoms with E-state index in [4.69, 9.17) is 0 Å². The summed E-state index contributed by atoms with van der Waals surface area (Å²) < 4.78 is 0. The third kappa shape index (κ3) is 8.94. The third-order valence-corrected chi connectivity index (χ3v) is 7.75. The van der Waals surface area contributed by atoms with Crippen molar-refractivity contribution in [3.05, 3.63) is 142 Å². The fourth-order valence-corrected chi connectivity index (χ4v) is 4.92. The average Bonchev–Trinajstić information content (AvgIpc) is 2.92. The molecule has 204 valence electrons. The molecule has 1 nitrogen and oxygen atoms in total. The lowest BCUT2D eigenvalue weighted by Crippen LogP contribution is -2.12. The molecule has 4 aromatic rings. The van der Waals surface area contributed by atoms with E-state index in [1.807, 2.05) is 0 Å². The van der Waals surface area contributed by atoms with Gasteiger partial charge in [-0.2, -0.15) is 0 Å². The second kappa shape index (κ2) is 12.8. The summed E-state index contributed by atoms with van der Waals surface area (Å²) in [5, 5.41) is 3.61. The molecule has 0 aromatic heterocycles. The highest BCUT2D eigenvalue weighted by atomic mass is 14.8. The van der Waals surface area contributed by atoms with E-state index in [0.717, 1.165) is 38.8 Å². The summed E-state index contributed by atoms with van der Waals surface area (Å²) in [5.74, 6) is 0. The minimum Gasteiger partial charge on any atom is -0.309 e. The van der Waals surface area contributed by atoms with Gasteiger partial charge in [0.15, 0.2) is 0 Å². The number of rotatable bonds is 10. The van der Waals surface area contributed by atoms with Crippen LogP contribution in [-0.4, -0.2) is 0 Å². The van der Waals surface area contributed by atoms with Crippen molar-refractivity contribution in [1.29, 1.82) is 0 Å². The standard InChI is InChI=1S/C38H47N/c1-37(2,3)35-23-19-31(20-24-35)9-7-29-11-15-33(16-12-29)27-39-28-34-17-13-30(14-18-34)8-10-32-21-25-36(26-22-32)38(4,5)6/h11-26,39H,7-10,27-28H2,1-6H3. The van der Waals surface area contributed by atoms with Crippen LogP contribution in [0.2, 0.25) is 0 Å². The maximum Gasteiger partial charge on any atom is 0.0208 e. The highest BCUT2D eigenvalue weighted by molar-refractivity contribution is 5.31. The Kier molecular flexibility index (Phi) is 9.46. The normalized spacial score (nSPS) is 12.1. The first-order valence-electron chi connectivity index (χ1n) is 14.6. The van der Waals surface area contributed by atoms with Crippen LogP contribution in [0.5, 0.6) is 0 Å². The monoisotopic (exact) mass is 517 g/mol. The molecule has 0 aliphatic carbocycles. The molecular formula is C38H47N. The van der Waals surface area contributed by atoms with Gasteiger partial charge in [-0.15, -0.1) is 0 Å². The minimum absolute atomic E-state index is 0.214. The molecule has 0 fully saturated rings. The van der Waals surface area contributed by atoms with Gasteiger partial charge in [0, 0.05) is 13.1 Å². The van der Waals surface area contributed by atoms with Gasteiger partial charge in [0.25, 0.3) is 0 Å². The Morgan fingerprint density at radius 1 is 0.359 bits per heavy atom. The number of hydrogen-bond acceptors (Lipinski definition) is 1. The predicted octanol–water partition coefficient (Wildman–Crippen LogP) is 9.14. The summed E-state index contributed by atoms with van der Waals surface area (Å²) in [5.41, 5.74) is 11.5. The van der Waals surface area contributed by atoms with Crippen molar-refractivity contribution in [2.24, 2.45) is 0 Å². The molecule has 0 saturated heterocycles. The quantitative estimate of drug-likeness (QED) is 0.221. The summed E-state index contributed by atoms with van der Waals surface area (Å²) in [4.78, 5) is 0. The van der Waals surface area contributed by atoms with Crippen LogP contribution in [0.1, 0.15) is 86.1 Å². The van der Waals surface area contributed by atoms with Gasteiger partial charge in [-0.1, -0.05) is 139 Å².